The number of carbonyl (C=O) groups is 2. The van der Waals surface area contributed by atoms with Crippen LogP contribution >= 0.6 is 22.9 Å². The summed E-state index contributed by atoms with van der Waals surface area (Å²) in [7, 11) is 1.62. The van der Waals surface area contributed by atoms with Crippen molar-refractivity contribution >= 4 is 39.8 Å². The molecule has 2 N–H and O–H groups in total. The first-order valence-electron chi connectivity index (χ1n) is 8.03. The molecule has 0 unspecified atom stereocenters. The molecule has 1 heterocycles. The van der Waals surface area contributed by atoms with Crippen molar-refractivity contribution in [2.45, 2.75) is 32.1 Å². The van der Waals surface area contributed by atoms with Gasteiger partial charge in [-0.15, -0.1) is 11.3 Å². The Morgan fingerprint density at radius 1 is 1.04 bits per heavy atom. The Kier molecular flexibility index (Phi) is 5.21. The number of rotatable bonds is 3. The van der Waals surface area contributed by atoms with Gasteiger partial charge in [-0.3, -0.25) is 9.59 Å². The van der Waals surface area contributed by atoms with Crippen molar-refractivity contribution in [2.24, 2.45) is 0 Å². The van der Waals surface area contributed by atoms with Gasteiger partial charge < -0.3 is 10.6 Å². The van der Waals surface area contributed by atoms with Crippen LogP contribution in [0.2, 0.25) is 5.02 Å². The van der Waals surface area contributed by atoms with Crippen molar-refractivity contribution in [3.8, 4) is 0 Å². The van der Waals surface area contributed by atoms with Crippen molar-refractivity contribution in [3.63, 3.8) is 0 Å². The van der Waals surface area contributed by atoms with Gasteiger partial charge in [0.1, 0.15) is 5.00 Å². The first-order valence-corrected chi connectivity index (χ1v) is 9.23. The Morgan fingerprint density at radius 3 is 2.46 bits per heavy atom. The number of aryl methyl sites for hydroxylation is 1. The molecule has 2 aromatic rings. The van der Waals surface area contributed by atoms with Crippen LogP contribution in [0.5, 0.6) is 0 Å². The van der Waals surface area contributed by atoms with Crippen molar-refractivity contribution in [3.05, 3.63) is 50.9 Å². The number of thiophene rings is 1. The summed E-state index contributed by atoms with van der Waals surface area (Å²) in [5.74, 6) is -0.367. The molecule has 0 spiro atoms. The third-order valence-corrected chi connectivity index (χ3v) is 5.67. The number of halogens is 1. The number of hydrogen-bond acceptors (Lipinski definition) is 3. The van der Waals surface area contributed by atoms with Crippen LogP contribution in [-0.2, 0) is 12.8 Å². The zero-order valence-electron chi connectivity index (χ0n) is 13.4. The highest BCUT2D eigenvalue weighted by molar-refractivity contribution is 7.17. The zero-order valence-corrected chi connectivity index (χ0v) is 15.0. The van der Waals surface area contributed by atoms with E-state index in [4.69, 9.17) is 11.6 Å². The van der Waals surface area contributed by atoms with Gasteiger partial charge in [-0.1, -0.05) is 18.0 Å². The van der Waals surface area contributed by atoms with Gasteiger partial charge >= 0.3 is 0 Å². The second kappa shape index (κ2) is 7.36. The van der Waals surface area contributed by atoms with Crippen molar-refractivity contribution < 1.29 is 9.59 Å². The fourth-order valence-electron chi connectivity index (χ4n) is 2.97. The molecule has 126 valence electrons. The van der Waals surface area contributed by atoms with E-state index in [0.29, 0.717) is 21.2 Å². The van der Waals surface area contributed by atoms with E-state index in [9.17, 15) is 9.59 Å². The third kappa shape index (κ3) is 3.47. The summed E-state index contributed by atoms with van der Waals surface area (Å²) in [6, 6.07) is 6.71. The second-order valence-corrected chi connectivity index (χ2v) is 7.35. The summed E-state index contributed by atoms with van der Waals surface area (Å²) in [5.41, 5.74) is 2.25. The molecule has 0 atom stereocenters. The highest BCUT2D eigenvalue weighted by Crippen LogP contribution is 2.37. The van der Waals surface area contributed by atoms with Crippen molar-refractivity contribution in [1.82, 2.24) is 5.32 Å². The van der Waals surface area contributed by atoms with E-state index < -0.39 is 0 Å². The number of fused-ring (bicyclic) bond motifs is 1. The number of amides is 2. The molecule has 1 aromatic carbocycles. The molecular weight excluding hydrogens is 344 g/mol. The Morgan fingerprint density at radius 2 is 1.75 bits per heavy atom. The first kappa shape index (κ1) is 17.0. The van der Waals surface area contributed by atoms with Crippen LogP contribution in [0.1, 0.15) is 50.4 Å². The summed E-state index contributed by atoms with van der Waals surface area (Å²) in [6.45, 7) is 0. The Hall–Kier alpha value is -1.85. The molecule has 2 amide bonds. The van der Waals surface area contributed by atoms with Gasteiger partial charge in [0.15, 0.2) is 0 Å². The molecule has 1 aliphatic carbocycles. The number of benzene rings is 1. The van der Waals surface area contributed by atoms with Crippen LogP contribution in [0.25, 0.3) is 0 Å². The van der Waals surface area contributed by atoms with Crippen LogP contribution in [-0.4, -0.2) is 18.9 Å². The van der Waals surface area contributed by atoms with E-state index in [1.54, 1.807) is 31.3 Å². The number of hydrogen-bond donors (Lipinski definition) is 2. The Bertz CT molecular complexity index is 768. The molecule has 0 saturated carbocycles. The lowest BCUT2D eigenvalue weighted by molar-refractivity contribution is 0.0963. The second-order valence-electron chi connectivity index (χ2n) is 5.81. The minimum Gasteiger partial charge on any atom is -0.355 e. The van der Waals surface area contributed by atoms with Crippen molar-refractivity contribution in [2.75, 3.05) is 12.4 Å². The highest BCUT2D eigenvalue weighted by atomic mass is 35.5. The molecule has 0 radical (unpaired) electrons. The average Bonchev–Trinajstić information content (AvgIpc) is 2.76. The van der Waals surface area contributed by atoms with Crippen LogP contribution in [0, 0.1) is 0 Å². The molecule has 0 bridgehead atoms. The van der Waals surface area contributed by atoms with Crippen LogP contribution in [0.3, 0.4) is 0 Å². The summed E-state index contributed by atoms with van der Waals surface area (Å²) in [5, 5.41) is 6.84. The topological polar surface area (TPSA) is 58.2 Å². The number of nitrogens with one attached hydrogen (secondary N) is 2. The maximum absolute atomic E-state index is 12.5. The Labute approximate surface area is 150 Å². The molecule has 1 aliphatic rings. The SMILES string of the molecule is CNC(=O)c1c(NC(=O)c2ccc(Cl)cc2)sc2c1CCCCC2. The van der Waals surface area contributed by atoms with Gasteiger partial charge in [0, 0.05) is 22.5 Å². The molecule has 1 aromatic heterocycles. The van der Waals surface area contributed by atoms with Gasteiger partial charge in [0.2, 0.25) is 0 Å². The summed E-state index contributed by atoms with van der Waals surface area (Å²) in [6.07, 6.45) is 5.26. The molecule has 0 saturated heterocycles. The quantitative estimate of drug-likeness (QED) is 0.800. The lowest BCUT2D eigenvalue weighted by atomic mass is 10.0. The van der Waals surface area contributed by atoms with E-state index in [-0.39, 0.29) is 11.8 Å². The van der Waals surface area contributed by atoms with E-state index in [0.717, 1.165) is 31.2 Å². The fourth-order valence-corrected chi connectivity index (χ4v) is 4.38. The minimum absolute atomic E-state index is 0.138. The summed E-state index contributed by atoms with van der Waals surface area (Å²) < 4.78 is 0. The lowest BCUT2D eigenvalue weighted by Crippen LogP contribution is -2.21. The van der Waals surface area contributed by atoms with E-state index >= 15 is 0 Å². The third-order valence-electron chi connectivity index (χ3n) is 4.21. The first-order chi connectivity index (χ1) is 11.6. The largest absolute Gasteiger partial charge is 0.355 e. The summed E-state index contributed by atoms with van der Waals surface area (Å²) >= 11 is 7.39. The molecule has 6 heteroatoms. The van der Waals surface area contributed by atoms with Gasteiger partial charge in [-0.25, -0.2) is 0 Å². The molecule has 24 heavy (non-hydrogen) atoms. The minimum atomic E-state index is -0.228. The van der Waals surface area contributed by atoms with Gasteiger partial charge in [0.25, 0.3) is 11.8 Å². The predicted octanol–water partition coefficient (Wildman–Crippen LogP) is 4.28. The van der Waals surface area contributed by atoms with Crippen LogP contribution < -0.4 is 10.6 Å². The highest BCUT2D eigenvalue weighted by Gasteiger charge is 2.25. The van der Waals surface area contributed by atoms with Gasteiger partial charge in [-0.05, 0) is 55.5 Å². The molecular formula is C18H19ClN2O2S. The fraction of sp³-hybridized carbons (Fsp3) is 0.333. The lowest BCUT2D eigenvalue weighted by Gasteiger charge is -2.08. The monoisotopic (exact) mass is 362 g/mol. The van der Waals surface area contributed by atoms with Gasteiger partial charge in [0.05, 0.1) is 5.56 Å². The smallest absolute Gasteiger partial charge is 0.256 e. The molecule has 3 rings (SSSR count). The Balaban J connectivity index is 1.93. The van der Waals surface area contributed by atoms with Crippen molar-refractivity contribution in [1.29, 1.82) is 0 Å². The van der Waals surface area contributed by atoms with Crippen LogP contribution in [0.4, 0.5) is 5.00 Å². The van der Waals surface area contributed by atoms with Crippen LogP contribution in [0.15, 0.2) is 24.3 Å². The maximum Gasteiger partial charge on any atom is 0.256 e. The number of anilines is 1. The standard InChI is InChI=1S/C18H19ClN2O2S/c1-20-17(23)15-13-5-3-2-4-6-14(13)24-18(15)21-16(22)11-7-9-12(19)10-8-11/h7-10H,2-6H2,1H3,(H,20,23)(H,21,22). The van der Waals surface area contributed by atoms with E-state index in [2.05, 4.69) is 10.6 Å². The summed E-state index contributed by atoms with van der Waals surface area (Å²) in [4.78, 5) is 26.1. The average molecular weight is 363 g/mol. The van der Waals surface area contributed by atoms with Gasteiger partial charge in [-0.2, -0.15) is 0 Å². The predicted molar refractivity (Wildman–Crippen MR) is 98.4 cm³/mol. The molecule has 4 nitrogen and oxygen atoms in total. The maximum atomic E-state index is 12.5. The zero-order chi connectivity index (χ0) is 17.1. The normalized spacial score (nSPS) is 13.8. The van der Waals surface area contributed by atoms with E-state index in [1.165, 1.54) is 22.6 Å². The number of carbonyl (C=O) groups excluding carboxylic acids is 2. The van der Waals surface area contributed by atoms with E-state index in [1.807, 2.05) is 0 Å². The molecule has 0 fully saturated rings. The molecule has 0 aliphatic heterocycles.